The van der Waals surface area contributed by atoms with E-state index < -0.39 is 16.1 Å². The zero-order valence-electron chi connectivity index (χ0n) is 16.1. The van der Waals surface area contributed by atoms with Crippen molar-refractivity contribution in [2.75, 3.05) is 19.6 Å². The van der Waals surface area contributed by atoms with Crippen LogP contribution < -0.4 is 15.4 Å². The Morgan fingerprint density at radius 1 is 1.29 bits per heavy atom. The highest BCUT2D eigenvalue weighted by Gasteiger charge is 2.32. The monoisotopic (exact) mass is 426 g/mol. The second-order valence-corrected chi connectivity index (χ2v) is 8.91. The molecule has 154 valence electrons. The van der Waals surface area contributed by atoms with Crippen molar-refractivity contribution < 1.29 is 13.2 Å². The highest BCUT2D eigenvalue weighted by Crippen LogP contribution is 2.23. The predicted octanol–water partition coefficient (Wildman–Crippen LogP) is 1.60. The largest absolute Gasteiger partial charge is 0.350 e. The Morgan fingerprint density at radius 2 is 2.04 bits per heavy atom. The molecule has 1 aromatic carbocycles. The number of aliphatic imine (C=N–C) groups is 1. The van der Waals surface area contributed by atoms with Crippen LogP contribution in [-0.4, -0.2) is 45.8 Å². The maximum absolute atomic E-state index is 12.7. The lowest BCUT2D eigenvalue weighted by molar-refractivity contribution is -0.122. The zero-order valence-corrected chi connectivity index (χ0v) is 17.7. The smallest absolute Gasteiger partial charge is 0.263 e. The lowest BCUT2D eigenvalue weighted by atomic mass is 10.0. The lowest BCUT2D eigenvalue weighted by Crippen LogP contribution is -2.38. The van der Waals surface area contributed by atoms with E-state index in [2.05, 4.69) is 26.4 Å². The van der Waals surface area contributed by atoms with Crippen LogP contribution >= 0.6 is 12.4 Å². The first-order chi connectivity index (χ1) is 12.9. The molecule has 9 heteroatoms. The first-order valence-electron chi connectivity index (χ1n) is 9.23. The fourth-order valence-corrected chi connectivity index (χ4v) is 4.44. The molecule has 0 spiro atoms. The number of hydrogen-bond donors (Lipinski definition) is 3. The summed E-state index contributed by atoms with van der Waals surface area (Å²) in [7, 11) is -3.61. The number of carbonyl (C=O) groups is 1. The summed E-state index contributed by atoms with van der Waals surface area (Å²) >= 11 is 0. The predicted molar refractivity (Wildman–Crippen MR) is 112 cm³/mol. The van der Waals surface area contributed by atoms with Gasteiger partial charge in [-0.25, -0.2) is 8.42 Å². The van der Waals surface area contributed by atoms with Crippen molar-refractivity contribution in [2.45, 2.75) is 37.6 Å². The van der Waals surface area contributed by atoms with Crippen molar-refractivity contribution in [1.29, 1.82) is 0 Å². The quantitative estimate of drug-likeness (QED) is 0.601. The molecular formula is C19H27ClN4O3S. The normalized spacial score (nSPS) is 20.0. The van der Waals surface area contributed by atoms with Gasteiger partial charge in [0.2, 0.25) is 5.91 Å². The summed E-state index contributed by atoms with van der Waals surface area (Å²) < 4.78 is 27.0. The van der Waals surface area contributed by atoms with Crippen molar-refractivity contribution >= 4 is 34.2 Å². The summed E-state index contributed by atoms with van der Waals surface area (Å²) in [6.45, 7) is 6.27. The highest BCUT2D eigenvalue weighted by molar-refractivity contribution is 7.90. The number of nitrogens with one attached hydrogen (secondary N) is 3. The van der Waals surface area contributed by atoms with Crippen molar-refractivity contribution in [1.82, 2.24) is 15.4 Å². The number of sulfonamides is 1. The van der Waals surface area contributed by atoms with E-state index in [-0.39, 0.29) is 35.0 Å². The number of amidine groups is 1. The van der Waals surface area contributed by atoms with Crippen LogP contribution in [0.3, 0.4) is 0 Å². The van der Waals surface area contributed by atoms with E-state index in [9.17, 15) is 13.2 Å². The van der Waals surface area contributed by atoms with Crippen LogP contribution in [0.25, 0.3) is 0 Å². The summed E-state index contributed by atoms with van der Waals surface area (Å²) in [5.74, 6) is 0.308. The number of benzene rings is 1. The Kier molecular flexibility index (Phi) is 7.63. The third-order valence-corrected chi connectivity index (χ3v) is 5.99. The number of carbonyl (C=O) groups excluding carboxylic acids is 1. The summed E-state index contributed by atoms with van der Waals surface area (Å²) in [4.78, 5) is 17.4. The van der Waals surface area contributed by atoms with Gasteiger partial charge in [-0.2, -0.15) is 0 Å². The SMILES string of the molecule is CC(C)CC(N=C1NS(=O)(=O)c2ccccc21)C(=O)NCC1=CCNCC1.Cl. The van der Waals surface area contributed by atoms with Crippen molar-refractivity contribution in [2.24, 2.45) is 10.9 Å². The van der Waals surface area contributed by atoms with Crippen molar-refractivity contribution in [3.63, 3.8) is 0 Å². The Balaban J connectivity index is 0.00000280. The summed E-state index contributed by atoms with van der Waals surface area (Å²) in [6, 6.07) is 6.04. The number of nitrogens with zero attached hydrogens (tertiary/aromatic N) is 1. The average molecular weight is 427 g/mol. The zero-order chi connectivity index (χ0) is 19.4. The molecule has 1 aromatic rings. The van der Waals surface area contributed by atoms with E-state index in [1.807, 2.05) is 13.8 Å². The van der Waals surface area contributed by atoms with E-state index >= 15 is 0 Å². The van der Waals surface area contributed by atoms with Gasteiger partial charge >= 0.3 is 0 Å². The molecule has 0 aliphatic carbocycles. The molecule has 2 aliphatic heterocycles. The van der Waals surface area contributed by atoms with Crippen LogP contribution in [0.15, 0.2) is 45.8 Å². The van der Waals surface area contributed by atoms with Crippen LogP contribution in [-0.2, 0) is 14.8 Å². The lowest BCUT2D eigenvalue weighted by Gasteiger charge is -2.18. The van der Waals surface area contributed by atoms with Gasteiger partial charge < -0.3 is 10.6 Å². The summed E-state index contributed by atoms with van der Waals surface area (Å²) in [6.07, 6.45) is 3.55. The molecule has 0 fully saturated rings. The Hall–Kier alpha value is -1.90. The van der Waals surface area contributed by atoms with E-state index in [1.165, 1.54) is 5.57 Å². The van der Waals surface area contributed by atoms with Gasteiger partial charge in [-0.1, -0.05) is 37.6 Å². The maximum Gasteiger partial charge on any atom is 0.263 e. The van der Waals surface area contributed by atoms with E-state index in [1.54, 1.807) is 24.3 Å². The van der Waals surface area contributed by atoms with Crippen LogP contribution in [0.4, 0.5) is 0 Å². The van der Waals surface area contributed by atoms with Crippen LogP contribution in [0, 0.1) is 5.92 Å². The first kappa shape index (κ1) is 22.4. The van der Waals surface area contributed by atoms with Crippen LogP contribution in [0.1, 0.15) is 32.3 Å². The minimum Gasteiger partial charge on any atom is -0.350 e. The number of halogens is 1. The molecule has 28 heavy (non-hydrogen) atoms. The number of hydrogen-bond acceptors (Lipinski definition) is 5. The van der Waals surface area contributed by atoms with Crippen LogP contribution in [0.5, 0.6) is 0 Å². The summed E-state index contributed by atoms with van der Waals surface area (Å²) in [5, 5.41) is 6.20. The Morgan fingerprint density at radius 3 is 2.71 bits per heavy atom. The molecule has 0 aromatic heterocycles. The van der Waals surface area contributed by atoms with E-state index in [0.717, 1.165) is 19.5 Å². The van der Waals surface area contributed by atoms with Gasteiger partial charge in [0.15, 0.2) is 0 Å². The van der Waals surface area contributed by atoms with Gasteiger partial charge in [0.1, 0.15) is 11.9 Å². The number of fused-ring (bicyclic) bond motifs is 1. The van der Waals surface area contributed by atoms with E-state index in [4.69, 9.17) is 0 Å². The standard InChI is InChI=1S/C19H26N4O3S.ClH/c1-13(2)11-16(19(24)21-12-14-7-9-20-10-8-14)22-18-15-5-3-4-6-17(15)27(25,26)23-18;/h3-7,13,16,20H,8-12H2,1-2H3,(H,21,24)(H,22,23);1H. The van der Waals surface area contributed by atoms with Gasteiger partial charge in [-0.15, -0.1) is 12.4 Å². The van der Waals surface area contributed by atoms with Crippen LogP contribution in [0.2, 0.25) is 0 Å². The second kappa shape index (κ2) is 9.54. The Labute approximate surface area is 172 Å². The molecule has 0 saturated heterocycles. The molecule has 0 saturated carbocycles. The number of rotatable bonds is 6. The molecule has 3 rings (SSSR count). The summed E-state index contributed by atoms with van der Waals surface area (Å²) in [5.41, 5.74) is 1.71. The van der Waals surface area contributed by atoms with Gasteiger partial charge in [-0.05, 0) is 37.4 Å². The van der Waals surface area contributed by atoms with Crippen molar-refractivity contribution in [3.05, 3.63) is 41.5 Å². The van der Waals surface area contributed by atoms with Crippen molar-refractivity contribution in [3.8, 4) is 0 Å². The van der Waals surface area contributed by atoms with Gasteiger partial charge in [0.05, 0.1) is 4.90 Å². The topological polar surface area (TPSA) is 99.7 Å². The fourth-order valence-electron chi connectivity index (χ4n) is 3.20. The minimum atomic E-state index is -3.61. The maximum atomic E-state index is 12.7. The van der Waals surface area contributed by atoms with E-state index in [0.29, 0.717) is 18.5 Å². The fraction of sp³-hybridized carbons (Fsp3) is 0.474. The molecule has 3 N–H and O–H groups in total. The molecule has 7 nitrogen and oxygen atoms in total. The molecule has 1 unspecified atom stereocenters. The average Bonchev–Trinajstić information content (AvgIpc) is 2.90. The Bertz CT molecular complexity index is 881. The third-order valence-electron chi connectivity index (χ3n) is 4.59. The van der Waals surface area contributed by atoms with Gasteiger partial charge in [0, 0.05) is 18.7 Å². The molecular weight excluding hydrogens is 400 g/mol. The molecule has 1 atom stereocenters. The first-order valence-corrected chi connectivity index (χ1v) is 10.7. The highest BCUT2D eigenvalue weighted by atomic mass is 35.5. The second-order valence-electron chi connectivity index (χ2n) is 7.26. The molecule has 2 aliphatic rings. The third kappa shape index (κ3) is 5.33. The van der Waals surface area contributed by atoms with Gasteiger partial charge in [-0.3, -0.25) is 14.5 Å². The molecule has 0 radical (unpaired) electrons. The molecule has 2 heterocycles. The molecule has 1 amide bonds. The van der Waals surface area contributed by atoms with Gasteiger partial charge in [0.25, 0.3) is 10.0 Å². The number of amides is 1. The minimum absolute atomic E-state index is 0. The molecule has 0 bridgehead atoms.